The van der Waals surface area contributed by atoms with Crippen LogP contribution in [0.2, 0.25) is 0 Å². The molecule has 0 amide bonds. The standard InChI is InChI=1S/C15H24N2/c1-3-14(17-10-9-12(2)11-17)15(16)13-7-5-4-6-8-13/h4-8,12,14-15H,3,9-11,16H2,1-2H3. The van der Waals surface area contributed by atoms with Crippen molar-refractivity contribution >= 4 is 0 Å². The summed E-state index contributed by atoms with van der Waals surface area (Å²) in [6, 6.07) is 11.1. The molecule has 1 aliphatic rings. The molecule has 0 spiro atoms. The van der Waals surface area contributed by atoms with E-state index in [2.05, 4.69) is 49.1 Å². The Morgan fingerprint density at radius 2 is 2.06 bits per heavy atom. The van der Waals surface area contributed by atoms with Crippen LogP contribution in [0.15, 0.2) is 30.3 Å². The number of nitrogens with zero attached hydrogens (tertiary/aromatic N) is 1. The van der Waals surface area contributed by atoms with Crippen molar-refractivity contribution in [2.75, 3.05) is 13.1 Å². The van der Waals surface area contributed by atoms with Crippen molar-refractivity contribution in [3.63, 3.8) is 0 Å². The van der Waals surface area contributed by atoms with E-state index >= 15 is 0 Å². The average molecular weight is 232 g/mol. The molecule has 17 heavy (non-hydrogen) atoms. The lowest BCUT2D eigenvalue weighted by Crippen LogP contribution is -2.41. The third-order valence-electron chi connectivity index (χ3n) is 3.94. The lowest BCUT2D eigenvalue weighted by Gasteiger charge is -2.32. The van der Waals surface area contributed by atoms with Gasteiger partial charge < -0.3 is 5.73 Å². The average Bonchev–Trinajstić information content (AvgIpc) is 2.78. The molecular formula is C15H24N2. The molecular weight excluding hydrogens is 208 g/mol. The van der Waals surface area contributed by atoms with Crippen molar-refractivity contribution in [1.82, 2.24) is 4.90 Å². The SMILES string of the molecule is CCC(C(N)c1ccccc1)N1CCC(C)C1. The van der Waals surface area contributed by atoms with Crippen LogP contribution in [0.5, 0.6) is 0 Å². The molecule has 3 unspecified atom stereocenters. The Labute approximate surface area is 105 Å². The third kappa shape index (κ3) is 2.88. The predicted molar refractivity (Wildman–Crippen MR) is 72.8 cm³/mol. The summed E-state index contributed by atoms with van der Waals surface area (Å²) in [6.45, 7) is 7.00. The molecule has 0 radical (unpaired) electrons. The van der Waals surface area contributed by atoms with E-state index in [1.165, 1.54) is 25.1 Å². The summed E-state index contributed by atoms with van der Waals surface area (Å²) in [5.74, 6) is 0.826. The van der Waals surface area contributed by atoms with Crippen molar-refractivity contribution < 1.29 is 0 Å². The van der Waals surface area contributed by atoms with Crippen LogP contribution in [0.25, 0.3) is 0 Å². The van der Waals surface area contributed by atoms with E-state index in [0.717, 1.165) is 12.3 Å². The number of benzene rings is 1. The second kappa shape index (κ2) is 5.65. The second-order valence-corrected chi connectivity index (χ2v) is 5.30. The van der Waals surface area contributed by atoms with Crippen molar-refractivity contribution in [1.29, 1.82) is 0 Å². The molecule has 0 bridgehead atoms. The smallest absolute Gasteiger partial charge is 0.0453 e. The van der Waals surface area contributed by atoms with E-state index in [1.54, 1.807) is 0 Å². The Bertz CT molecular complexity index is 336. The van der Waals surface area contributed by atoms with Crippen LogP contribution in [0, 0.1) is 5.92 Å². The molecule has 0 aliphatic carbocycles. The normalized spacial score (nSPS) is 24.8. The maximum Gasteiger partial charge on any atom is 0.0453 e. The molecule has 94 valence electrons. The first kappa shape index (κ1) is 12.6. The first-order chi connectivity index (χ1) is 8.22. The number of rotatable bonds is 4. The Hall–Kier alpha value is -0.860. The highest BCUT2D eigenvalue weighted by molar-refractivity contribution is 5.20. The van der Waals surface area contributed by atoms with E-state index in [1.807, 2.05) is 0 Å². The number of likely N-dealkylation sites (tertiary alicyclic amines) is 1. The molecule has 1 aliphatic heterocycles. The van der Waals surface area contributed by atoms with Gasteiger partial charge in [-0.2, -0.15) is 0 Å². The molecule has 1 heterocycles. The van der Waals surface area contributed by atoms with Crippen molar-refractivity contribution in [3.8, 4) is 0 Å². The predicted octanol–water partition coefficient (Wildman–Crippen LogP) is 2.81. The van der Waals surface area contributed by atoms with Gasteiger partial charge in [0.05, 0.1) is 0 Å². The molecule has 1 saturated heterocycles. The van der Waals surface area contributed by atoms with Gasteiger partial charge in [-0.25, -0.2) is 0 Å². The maximum atomic E-state index is 6.43. The zero-order valence-electron chi connectivity index (χ0n) is 11.0. The zero-order valence-corrected chi connectivity index (χ0v) is 11.0. The van der Waals surface area contributed by atoms with Gasteiger partial charge in [0.2, 0.25) is 0 Å². The Morgan fingerprint density at radius 3 is 2.59 bits per heavy atom. The fourth-order valence-corrected chi connectivity index (χ4v) is 2.91. The van der Waals surface area contributed by atoms with E-state index in [9.17, 15) is 0 Å². The molecule has 0 aromatic heterocycles. The molecule has 2 N–H and O–H groups in total. The van der Waals surface area contributed by atoms with Gasteiger partial charge in [-0.05, 0) is 30.9 Å². The topological polar surface area (TPSA) is 29.3 Å². The number of nitrogens with two attached hydrogens (primary N) is 1. The van der Waals surface area contributed by atoms with Gasteiger partial charge in [0.15, 0.2) is 0 Å². The summed E-state index contributed by atoms with van der Waals surface area (Å²) >= 11 is 0. The summed E-state index contributed by atoms with van der Waals surface area (Å²) in [5, 5.41) is 0. The highest BCUT2D eigenvalue weighted by atomic mass is 15.2. The van der Waals surface area contributed by atoms with Crippen LogP contribution in [-0.4, -0.2) is 24.0 Å². The van der Waals surface area contributed by atoms with Crippen LogP contribution in [0.3, 0.4) is 0 Å². The molecule has 2 heteroatoms. The molecule has 0 saturated carbocycles. The quantitative estimate of drug-likeness (QED) is 0.865. The van der Waals surface area contributed by atoms with Gasteiger partial charge in [-0.1, -0.05) is 44.2 Å². The number of hydrogen-bond acceptors (Lipinski definition) is 2. The molecule has 1 aromatic rings. The largest absolute Gasteiger partial charge is 0.323 e. The third-order valence-corrected chi connectivity index (χ3v) is 3.94. The van der Waals surface area contributed by atoms with Crippen LogP contribution < -0.4 is 5.73 Å². The molecule has 2 nitrogen and oxygen atoms in total. The van der Waals surface area contributed by atoms with Crippen molar-refractivity contribution in [2.24, 2.45) is 11.7 Å². The van der Waals surface area contributed by atoms with E-state index < -0.39 is 0 Å². The highest BCUT2D eigenvalue weighted by Gasteiger charge is 2.29. The van der Waals surface area contributed by atoms with Crippen LogP contribution in [-0.2, 0) is 0 Å². The summed E-state index contributed by atoms with van der Waals surface area (Å²) in [4.78, 5) is 2.57. The molecule has 3 atom stereocenters. The zero-order chi connectivity index (χ0) is 12.3. The van der Waals surface area contributed by atoms with Crippen molar-refractivity contribution in [2.45, 2.75) is 38.8 Å². The molecule has 2 rings (SSSR count). The first-order valence-electron chi connectivity index (χ1n) is 6.77. The van der Waals surface area contributed by atoms with Gasteiger partial charge >= 0.3 is 0 Å². The maximum absolute atomic E-state index is 6.43. The van der Waals surface area contributed by atoms with Gasteiger partial charge in [0, 0.05) is 18.6 Å². The summed E-state index contributed by atoms with van der Waals surface area (Å²) in [7, 11) is 0. The monoisotopic (exact) mass is 232 g/mol. The Kier molecular flexibility index (Phi) is 4.19. The van der Waals surface area contributed by atoms with Crippen LogP contribution in [0.1, 0.15) is 38.3 Å². The lowest BCUT2D eigenvalue weighted by atomic mass is 9.97. The minimum atomic E-state index is 0.145. The molecule has 1 aromatic carbocycles. The van der Waals surface area contributed by atoms with E-state index in [0.29, 0.717) is 6.04 Å². The summed E-state index contributed by atoms with van der Waals surface area (Å²) in [5.41, 5.74) is 7.70. The van der Waals surface area contributed by atoms with E-state index in [4.69, 9.17) is 5.73 Å². The van der Waals surface area contributed by atoms with Crippen LogP contribution in [0.4, 0.5) is 0 Å². The van der Waals surface area contributed by atoms with Crippen molar-refractivity contribution in [3.05, 3.63) is 35.9 Å². The molecule has 1 fully saturated rings. The summed E-state index contributed by atoms with van der Waals surface area (Å²) < 4.78 is 0. The Balaban J connectivity index is 2.08. The number of hydrogen-bond donors (Lipinski definition) is 1. The first-order valence-corrected chi connectivity index (χ1v) is 6.77. The fraction of sp³-hybridized carbons (Fsp3) is 0.600. The van der Waals surface area contributed by atoms with Gasteiger partial charge in [0.1, 0.15) is 0 Å². The lowest BCUT2D eigenvalue weighted by molar-refractivity contribution is 0.199. The van der Waals surface area contributed by atoms with Crippen LogP contribution >= 0.6 is 0 Å². The minimum absolute atomic E-state index is 0.145. The highest BCUT2D eigenvalue weighted by Crippen LogP contribution is 2.26. The van der Waals surface area contributed by atoms with E-state index in [-0.39, 0.29) is 6.04 Å². The van der Waals surface area contributed by atoms with Gasteiger partial charge in [0.25, 0.3) is 0 Å². The fourth-order valence-electron chi connectivity index (χ4n) is 2.91. The minimum Gasteiger partial charge on any atom is -0.323 e. The Morgan fingerprint density at radius 1 is 1.35 bits per heavy atom. The summed E-state index contributed by atoms with van der Waals surface area (Å²) in [6.07, 6.45) is 2.45. The van der Waals surface area contributed by atoms with Gasteiger partial charge in [-0.15, -0.1) is 0 Å². The van der Waals surface area contributed by atoms with Gasteiger partial charge in [-0.3, -0.25) is 4.90 Å². The second-order valence-electron chi connectivity index (χ2n) is 5.30.